The van der Waals surface area contributed by atoms with E-state index in [1.807, 2.05) is 41.5 Å². The van der Waals surface area contributed by atoms with Crippen LogP contribution in [0.15, 0.2) is 36.9 Å². The Kier molecular flexibility index (Phi) is 18.4. The molecular weight excluding hydrogens is 530 g/mol. The number of nitrogens with zero attached hydrogens (tertiary/aromatic N) is 1. The smallest absolute Gasteiger partial charge is 0.374 e. The SMILES string of the molecule is C1=Cc2ccccc21.C=CC(=O)N(CCC[Si](OCC)(OCC)OCC)CCC[Si](OCC)(OCC)OCC. The van der Waals surface area contributed by atoms with E-state index in [4.69, 9.17) is 26.6 Å². The molecule has 1 aliphatic rings. The highest BCUT2D eigenvalue weighted by atomic mass is 28.4. The fourth-order valence-corrected chi connectivity index (χ4v) is 9.52. The van der Waals surface area contributed by atoms with Gasteiger partial charge in [0.2, 0.25) is 5.91 Å². The van der Waals surface area contributed by atoms with Crippen molar-refractivity contribution in [1.29, 1.82) is 0 Å². The molecule has 222 valence electrons. The van der Waals surface area contributed by atoms with Crippen LogP contribution in [0.1, 0.15) is 65.5 Å². The van der Waals surface area contributed by atoms with Gasteiger partial charge < -0.3 is 31.5 Å². The molecule has 1 amide bonds. The van der Waals surface area contributed by atoms with Crippen LogP contribution < -0.4 is 0 Å². The molecule has 10 heteroatoms. The van der Waals surface area contributed by atoms with Gasteiger partial charge in [0, 0.05) is 64.8 Å². The van der Waals surface area contributed by atoms with Gasteiger partial charge in [0.05, 0.1) is 0 Å². The molecule has 0 bridgehead atoms. The summed E-state index contributed by atoms with van der Waals surface area (Å²) in [7, 11) is -5.44. The Morgan fingerprint density at radius 1 is 0.692 bits per heavy atom. The summed E-state index contributed by atoms with van der Waals surface area (Å²) in [6.07, 6.45) is 7.06. The average molecular weight is 582 g/mol. The normalized spacial score (nSPS) is 12.3. The van der Waals surface area contributed by atoms with Gasteiger partial charge in [-0.15, -0.1) is 0 Å². The first-order chi connectivity index (χ1) is 18.9. The van der Waals surface area contributed by atoms with Crippen molar-refractivity contribution in [1.82, 2.24) is 4.90 Å². The predicted octanol–water partition coefficient (Wildman–Crippen LogP) is 6.05. The molecule has 1 aromatic carbocycles. The summed E-state index contributed by atoms with van der Waals surface area (Å²) >= 11 is 0. The number of hydrogen-bond donors (Lipinski definition) is 0. The van der Waals surface area contributed by atoms with E-state index >= 15 is 0 Å². The summed E-state index contributed by atoms with van der Waals surface area (Å²) in [5.41, 5.74) is 2.74. The van der Waals surface area contributed by atoms with Crippen LogP contribution in [0.3, 0.4) is 0 Å². The zero-order chi connectivity index (χ0) is 29.0. The topological polar surface area (TPSA) is 75.7 Å². The predicted molar refractivity (Wildman–Crippen MR) is 162 cm³/mol. The van der Waals surface area contributed by atoms with Crippen LogP contribution in [0, 0.1) is 0 Å². The zero-order valence-electron chi connectivity index (χ0n) is 25.0. The first kappa shape index (κ1) is 35.4. The van der Waals surface area contributed by atoms with Crippen LogP contribution in [0.4, 0.5) is 0 Å². The van der Waals surface area contributed by atoms with Gasteiger partial charge in [0.15, 0.2) is 0 Å². The Morgan fingerprint density at radius 2 is 1.03 bits per heavy atom. The van der Waals surface area contributed by atoms with Crippen LogP contribution in [0.2, 0.25) is 12.1 Å². The number of benzene rings is 1. The molecule has 0 N–H and O–H groups in total. The molecule has 0 saturated carbocycles. The van der Waals surface area contributed by atoms with E-state index in [0.717, 1.165) is 12.8 Å². The van der Waals surface area contributed by atoms with Gasteiger partial charge in [-0.05, 0) is 71.6 Å². The van der Waals surface area contributed by atoms with Crippen molar-refractivity contribution in [3.05, 3.63) is 48.0 Å². The number of hydrogen-bond acceptors (Lipinski definition) is 7. The van der Waals surface area contributed by atoms with Gasteiger partial charge in [0.1, 0.15) is 0 Å². The van der Waals surface area contributed by atoms with Crippen LogP contribution in [0.5, 0.6) is 0 Å². The number of amides is 1. The van der Waals surface area contributed by atoms with Crippen molar-refractivity contribution in [3.63, 3.8) is 0 Å². The second kappa shape index (κ2) is 20.3. The molecule has 0 spiro atoms. The van der Waals surface area contributed by atoms with Crippen LogP contribution in [-0.2, 0) is 31.4 Å². The third kappa shape index (κ3) is 12.6. The van der Waals surface area contributed by atoms with Crippen molar-refractivity contribution in [3.8, 4) is 0 Å². The lowest BCUT2D eigenvalue weighted by Gasteiger charge is -2.30. The summed E-state index contributed by atoms with van der Waals surface area (Å²) in [5, 5.41) is 0. The van der Waals surface area contributed by atoms with Gasteiger partial charge in [-0.1, -0.05) is 43.0 Å². The molecule has 0 fully saturated rings. The second-order valence-electron chi connectivity index (χ2n) is 8.66. The average Bonchev–Trinajstić information content (AvgIpc) is 2.89. The molecule has 39 heavy (non-hydrogen) atoms. The van der Waals surface area contributed by atoms with Crippen LogP contribution in [-0.4, -0.2) is 81.1 Å². The summed E-state index contributed by atoms with van der Waals surface area (Å²) in [6.45, 7) is 19.7. The van der Waals surface area contributed by atoms with Gasteiger partial charge in [-0.2, -0.15) is 0 Å². The lowest BCUT2D eigenvalue weighted by molar-refractivity contribution is -0.126. The number of carbonyl (C=O) groups excluding carboxylic acids is 1. The van der Waals surface area contributed by atoms with Crippen molar-refractivity contribution in [2.24, 2.45) is 0 Å². The van der Waals surface area contributed by atoms with E-state index in [-0.39, 0.29) is 5.91 Å². The van der Waals surface area contributed by atoms with Crippen LogP contribution >= 0.6 is 0 Å². The molecule has 2 rings (SSSR count). The molecule has 0 unspecified atom stereocenters. The minimum absolute atomic E-state index is 0.0898. The van der Waals surface area contributed by atoms with Crippen molar-refractivity contribution < 1.29 is 31.4 Å². The molecule has 0 aromatic heterocycles. The Bertz CT molecular complexity index is 762. The van der Waals surface area contributed by atoms with E-state index in [1.165, 1.54) is 17.2 Å². The highest BCUT2D eigenvalue weighted by molar-refractivity contribution is 6.61. The summed E-state index contributed by atoms with van der Waals surface area (Å²) in [4.78, 5) is 14.2. The largest absolute Gasteiger partial charge is 0.500 e. The maximum atomic E-state index is 12.4. The summed E-state index contributed by atoms with van der Waals surface area (Å²) < 4.78 is 35.5. The minimum atomic E-state index is -2.72. The van der Waals surface area contributed by atoms with E-state index in [9.17, 15) is 4.79 Å². The molecule has 0 saturated heterocycles. The van der Waals surface area contributed by atoms with E-state index < -0.39 is 17.6 Å². The summed E-state index contributed by atoms with van der Waals surface area (Å²) in [5.74, 6) is -0.0898. The van der Waals surface area contributed by atoms with E-state index in [1.54, 1.807) is 4.90 Å². The highest BCUT2D eigenvalue weighted by Gasteiger charge is 2.41. The minimum Gasteiger partial charge on any atom is -0.374 e. The van der Waals surface area contributed by atoms with Crippen LogP contribution in [0.25, 0.3) is 12.2 Å². The van der Waals surface area contributed by atoms with Crippen molar-refractivity contribution in [2.75, 3.05) is 52.7 Å². The molecule has 0 aliphatic heterocycles. The lowest BCUT2D eigenvalue weighted by Crippen LogP contribution is -2.47. The molecule has 0 heterocycles. The van der Waals surface area contributed by atoms with E-state index in [0.29, 0.717) is 64.8 Å². The van der Waals surface area contributed by atoms with Gasteiger partial charge >= 0.3 is 17.6 Å². The van der Waals surface area contributed by atoms with Gasteiger partial charge in [-0.25, -0.2) is 0 Å². The Morgan fingerprint density at radius 3 is 1.26 bits per heavy atom. The zero-order valence-corrected chi connectivity index (χ0v) is 27.0. The molecule has 0 radical (unpaired) electrons. The van der Waals surface area contributed by atoms with Crippen molar-refractivity contribution >= 4 is 35.7 Å². The number of carbonyl (C=O) groups is 1. The first-order valence-corrected chi connectivity index (χ1v) is 18.3. The van der Waals surface area contributed by atoms with Gasteiger partial charge in [0.25, 0.3) is 0 Å². The third-order valence-corrected chi connectivity index (χ3v) is 12.2. The fourth-order valence-electron chi connectivity index (χ4n) is 4.33. The van der Waals surface area contributed by atoms with Crippen molar-refractivity contribution in [2.45, 2.75) is 66.5 Å². The second-order valence-corrected chi connectivity index (χ2v) is 14.1. The standard InChI is InChI=1S/C21H45NO7Si2.C8H6/c1-8-21(23)22(17-15-19-30(24-9-2,25-10-3)26-11-4)18-16-20-31(27-12-5,28-13-6)29-14-7;1-2-4-8-6-5-7(8)3-1/h8H,1,9-20H2,2-7H3;1-6H. The van der Waals surface area contributed by atoms with Gasteiger partial charge in [-0.3, -0.25) is 4.79 Å². The molecule has 1 aromatic rings. The maximum absolute atomic E-state index is 12.4. The highest BCUT2D eigenvalue weighted by Crippen LogP contribution is 2.22. The third-order valence-electron chi connectivity index (χ3n) is 5.93. The molecule has 8 nitrogen and oxygen atoms in total. The summed E-state index contributed by atoms with van der Waals surface area (Å²) in [6, 6.07) is 9.69. The maximum Gasteiger partial charge on any atom is 0.500 e. The monoisotopic (exact) mass is 581 g/mol. The molecule has 1 aliphatic carbocycles. The Hall–Kier alpha value is -1.64. The first-order valence-electron chi connectivity index (χ1n) is 14.4. The quantitative estimate of drug-likeness (QED) is 0.131. The number of rotatable bonds is 21. The Labute approximate surface area is 239 Å². The van der Waals surface area contributed by atoms with E-state index in [2.05, 4.69) is 43.0 Å². The Balaban J connectivity index is 0.000000788. The number of fused-ring (bicyclic) bond motifs is 1. The lowest BCUT2D eigenvalue weighted by atomic mass is 9.99. The fraction of sp³-hybridized carbons (Fsp3) is 0.621. The molecular formula is C29H51NO7Si2. The molecule has 0 atom stereocenters.